The van der Waals surface area contributed by atoms with Crippen molar-refractivity contribution in [2.75, 3.05) is 0 Å². The lowest BCUT2D eigenvalue weighted by atomic mass is 10.0. The number of aryl methyl sites for hydroxylation is 1. The predicted octanol–water partition coefficient (Wildman–Crippen LogP) is 4.09. The zero-order valence-corrected chi connectivity index (χ0v) is 9.26. The Hall–Kier alpha value is -1.28. The van der Waals surface area contributed by atoms with Gasteiger partial charge in [0.15, 0.2) is 0 Å². The molecule has 2 heteroatoms. The Morgan fingerprint density at radius 1 is 0.933 bits per heavy atom. The summed E-state index contributed by atoms with van der Waals surface area (Å²) in [6.45, 7) is 2.03. The van der Waals surface area contributed by atoms with Crippen LogP contribution in [0.25, 0.3) is 11.1 Å². The van der Waals surface area contributed by atoms with Gasteiger partial charge in [0.05, 0.1) is 0 Å². The second kappa shape index (κ2) is 4.07. The molecule has 0 aromatic heterocycles. The van der Waals surface area contributed by atoms with Crippen molar-refractivity contribution in [2.45, 2.75) is 11.8 Å². The Morgan fingerprint density at radius 2 is 1.53 bits per heavy atom. The molecule has 2 aromatic rings. The fourth-order valence-electron chi connectivity index (χ4n) is 1.43. The Kier molecular flexibility index (Phi) is 2.78. The highest BCUT2D eigenvalue weighted by molar-refractivity contribution is 7.80. The van der Waals surface area contributed by atoms with E-state index in [1.165, 1.54) is 11.6 Å². The Labute approximate surface area is 94.2 Å². The monoisotopic (exact) mass is 218 g/mol. The Morgan fingerprint density at radius 3 is 2.13 bits per heavy atom. The van der Waals surface area contributed by atoms with E-state index in [1.54, 1.807) is 6.07 Å². The molecule has 0 amide bonds. The van der Waals surface area contributed by atoms with Gasteiger partial charge in [-0.3, -0.25) is 0 Å². The van der Waals surface area contributed by atoms with Crippen LogP contribution in [-0.4, -0.2) is 0 Å². The standard InChI is InChI=1S/C13H11FS/c1-9-2-4-10(5-3-9)11-6-7-13(15)12(14)8-11/h2-8,15H,1H3. The van der Waals surface area contributed by atoms with Crippen molar-refractivity contribution in [2.24, 2.45) is 0 Å². The van der Waals surface area contributed by atoms with Gasteiger partial charge in [-0.2, -0.15) is 0 Å². The molecule has 76 valence electrons. The topological polar surface area (TPSA) is 0 Å². The fraction of sp³-hybridized carbons (Fsp3) is 0.0769. The summed E-state index contributed by atoms with van der Waals surface area (Å²) < 4.78 is 13.3. The average molecular weight is 218 g/mol. The molecule has 0 bridgehead atoms. The van der Waals surface area contributed by atoms with Crippen LogP contribution in [0.4, 0.5) is 4.39 Å². The average Bonchev–Trinajstić information content (AvgIpc) is 2.23. The summed E-state index contributed by atoms with van der Waals surface area (Å²) in [6.07, 6.45) is 0. The van der Waals surface area contributed by atoms with Gasteiger partial charge in [0.2, 0.25) is 0 Å². The molecule has 0 aliphatic rings. The second-order valence-electron chi connectivity index (χ2n) is 3.53. The van der Waals surface area contributed by atoms with Gasteiger partial charge < -0.3 is 0 Å². The maximum atomic E-state index is 13.3. The molecule has 0 spiro atoms. The van der Waals surface area contributed by atoms with E-state index in [9.17, 15) is 4.39 Å². The van der Waals surface area contributed by atoms with Crippen molar-refractivity contribution in [1.82, 2.24) is 0 Å². The van der Waals surface area contributed by atoms with E-state index in [0.717, 1.165) is 11.1 Å². The van der Waals surface area contributed by atoms with Crippen LogP contribution in [0.5, 0.6) is 0 Å². The van der Waals surface area contributed by atoms with E-state index in [0.29, 0.717) is 4.90 Å². The summed E-state index contributed by atoms with van der Waals surface area (Å²) in [5, 5.41) is 0. The van der Waals surface area contributed by atoms with Crippen molar-refractivity contribution in [3.63, 3.8) is 0 Å². The molecule has 0 aliphatic heterocycles. The van der Waals surface area contributed by atoms with Gasteiger partial charge in [-0.25, -0.2) is 4.39 Å². The van der Waals surface area contributed by atoms with Gasteiger partial charge in [-0.15, -0.1) is 12.6 Å². The van der Waals surface area contributed by atoms with Crippen LogP contribution in [0.1, 0.15) is 5.56 Å². The van der Waals surface area contributed by atoms with Gasteiger partial charge in [0, 0.05) is 4.90 Å². The maximum Gasteiger partial charge on any atom is 0.137 e. The van der Waals surface area contributed by atoms with Crippen LogP contribution < -0.4 is 0 Å². The van der Waals surface area contributed by atoms with E-state index >= 15 is 0 Å². The largest absolute Gasteiger partial charge is 0.206 e. The first-order chi connectivity index (χ1) is 7.16. The summed E-state index contributed by atoms with van der Waals surface area (Å²) in [5.74, 6) is -0.281. The molecule has 0 heterocycles. The number of hydrogen-bond donors (Lipinski definition) is 1. The van der Waals surface area contributed by atoms with Crippen LogP contribution in [-0.2, 0) is 0 Å². The molecular weight excluding hydrogens is 207 g/mol. The van der Waals surface area contributed by atoms with Crippen LogP contribution in [0.15, 0.2) is 47.4 Å². The third kappa shape index (κ3) is 2.21. The van der Waals surface area contributed by atoms with Crippen LogP contribution >= 0.6 is 12.6 Å². The van der Waals surface area contributed by atoms with E-state index < -0.39 is 0 Å². The minimum Gasteiger partial charge on any atom is -0.206 e. The van der Waals surface area contributed by atoms with Gasteiger partial charge in [-0.05, 0) is 30.2 Å². The van der Waals surface area contributed by atoms with Crippen LogP contribution in [0.3, 0.4) is 0 Å². The number of halogens is 1. The van der Waals surface area contributed by atoms with Gasteiger partial charge in [0.25, 0.3) is 0 Å². The number of benzene rings is 2. The van der Waals surface area contributed by atoms with Gasteiger partial charge in [0.1, 0.15) is 5.82 Å². The van der Waals surface area contributed by atoms with E-state index in [2.05, 4.69) is 12.6 Å². The van der Waals surface area contributed by atoms with E-state index in [-0.39, 0.29) is 5.82 Å². The van der Waals surface area contributed by atoms with Gasteiger partial charge in [-0.1, -0.05) is 35.9 Å². The first kappa shape index (κ1) is 10.2. The molecule has 2 rings (SSSR count). The first-order valence-electron chi connectivity index (χ1n) is 4.72. The molecule has 15 heavy (non-hydrogen) atoms. The number of rotatable bonds is 1. The van der Waals surface area contributed by atoms with Crippen LogP contribution in [0.2, 0.25) is 0 Å². The van der Waals surface area contributed by atoms with Gasteiger partial charge >= 0.3 is 0 Å². The smallest absolute Gasteiger partial charge is 0.137 e. The van der Waals surface area contributed by atoms with Crippen molar-refractivity contribution < 1.29 is 4.39 Å². The summed E-state index contributed by atoms with van der Waals surface area (Å²) in [7, 11) is 0. The highest BCUT2D eigenvalue weighted by Crippen LogP contribution is 2.23. The second-order valence-corrected chi connectivity index (χ2v) is 4.01. The zero-order valence-electron chi connectivity index (χ0n) is 8.37. The lowest BCUT2D eigenvalue weighted by Crippen LogP contribution is -1.82. The third-order valence-corrected chi connectivity index (χ3v) is 2.70. The Balaban J connectivity index is 2.45. The fourth-order valence-corrected chi connectivity index (χ4v) is 1.57. The summed E-state index contributed by atoms with van der Waals surface area (Å²) in [4.78, 5) is 0.380. The van der Waals surface area contributed by atoms with Crippen molar-refractivity contribution >= 4 is 12.6 Å². The number of hydrogen-bond acceptors (Lipinski definition) is 1. The lowest BCUT2D eigenvalue weighted by molar-refractivity contribution is 0.603. The molecule has 0 saturated heterocycles. The Bertz CT molecular complexity index is 474. The van der Waals surface area contributed by atoms with E-state index in [1.807, 2.05) is 37.3 Å². The summed E-state index contributed by atoms with van der Waals surface area (Å²) >= 11 is 4.00. The zero-order chi connectivity index (χ0) is 10.8. The molecule has 0 atom stereocenters. The minimum atomic E-state index is -0.281. The predicted molar refractivity (Wildman–Crippen MR) is 63.8 cm³/mol. The number of thiol groups is 1. The molecule has 2 aromatic carbocycles. The normalized spacial score (nSPS) is 10.3. The van der Waals surface area contributed by atoms with E-state index in [4.69, 9.17) is 0 Å². The van der Waals surface area contributed by atoms with Crippen LogP contribution in [0, 0.1) is 12.7 Å². The van der Waals surface area contributed by atoms with Crippen molar-refractivity contribution in [3.8, 4) is 11.1 Å². The summed E-state index contributed by atoms with van der Waals surface area (Å²) in [6, 6.07) is 13.1. The maximum absolute atomic E-state index is 13.3. The molecular formula is C13H11FS. The van der Waals surface area contributed by atoms with Crippen molar-refractivity contribution in [1.29, 1.82) is 0 Å². The molecule has 0 saturated carbocycles. The first-order valence-corrected chi connectivity index (χ1v) is 5.17. The molecule has 0 radical (unpaired) electrons. The third-order valence-electron chi connectivity index (χ3n) is 2.33. The molecule has 0 unspecified atom stereocenters. The quantitative estimate of drug-likeness (QED) is 0.685. The SMILES string of the molecule is Cc1ccc(-c2ccc(S)c(F)c2)cc1. The highest BCUT2D eigenvalue weighted by Gasteiger charge is 2.01. The van der Waals surface area contributed by atoms with Crippen molar-refractivity contribution in [3.05, 3.63) is 53.8 Å². The summed E-state index contributed by atoms with van der Waals surface area (Å²) in [5.41, 5.74) is 3.10. The highest BCUT2D eigenvalue weighted by atomic mass is 32.1. The molecule has 0 N–H and O–H groups in total. The molecule has 0 fully saturated rings. The minimum absolute atomic E-state index is 0.281. The molecule has 0 aliphatic carbocycles. The lowest BCUT2D eigenvalue weighted by Gasteiger charge is -2.03. The molecule has 0 nitrogen and oxygen atoms in total.